The normalized spacial score (nSPS) is 17.2. The van der Waals surface area contributed by atoms with Gasteiger partial charge in [-0.1, -0.05) is 6.92 Å². The molecule has 4 nitrogen and oxygen atoms in total. The van der Waals surface area contributed by atoms with Crippen molar-refractivity contribution < 1.29 is 4.79 Å². The Morgan fingerprint density at radius 2 is 2.29 bits per heavy atom. The molecule has 1 rings (SSSR count). The first kappa shape index (κ1) is 14.8. The predicted octanol–water partition coefficient (Wildman–Crippen LogP) is 0.667. The van der Waals surface area contributed by atoms with Gasteiger partial charge in [-0.05, 0) is 37.8 Å². The van der Waals surface area contributed by atoms with E-state index in [2.05, 4.69) is 17.1 Å². The molecule has 0 radical (unpaired) electrons. The van der Waals surface area contributed by atoms with Crippen LogP contribution in [-0.2, 0) is 4.79 Å². The molecule has 1 aliphatic rings. The van der Waals surface area contributed by atoms with Crippen LogP contribution in [0.3, 0.4) is 0 Å². The molecule has 5 heteroatoms. The van der Waals surface area contributed by atoms with E-state index in [0.717, 1.165) is 37.8 Å². The summed E-state index contributed by atoms with van der Waals surface area (Å²) < 4.78 is 0. The van der Waals surface area contributed by atoms with E-state index in [1.165, 1.54) is 12.8 Å². The SMILES string of the molecule is CCN(CCNC(=O)[C@H](N)CCSC)C1CC1. The Morgan fingerprint density at radius 1 is 1.59 bits per heavy atom. The second-order valence-electron chi connectivity index (χ2n) is 4.54. The van der Waals surface area contributed by atoms with Crippen LogP contribution in [0.15, 0.2) is 0 Å². The van der Waals surface area contributed by atoms with Crippen molar-refractivity contribution in [2.24, 2.45) is 5.73 Å². The lowest BCUT2D eigenvalue weighted by Crippen LogP contribution is -2.44. The van der Waals surface area contributed by atoms with Gasteiger partial charge in [-0.15, -0.1) is 0 Å². The van der Waals surface area contributed by atoms with Gasteiger partial charge in [-0.2, -0.15) is 11.8 Å². The van der Waals surface area contributed by atoms with Gasteiger partial charge in [-0.25, -0.2) is 0 Å². The fourth-order valence-electron chi connectivity index (χ4n) is 1.87. The molecular weight excluding hydrogens is 234 g/mol. The highest BCUT2D eigenvalue weighted by atomic mass is 32.2. The zero-order valence-electron chi connectivity index (χ0n) is 10.9. The smallest absolute Gasteiger partial charge is 0.236 e. The van der Waals surface area contributed by atoms with Crippen LogP contribution in [0.1, 0.15) is 26.2 Å². The summed E-state index contributed by atoms with van der Waals surface area (Å²) in [6, 6.07) is 0.417. The Balaban J connectivity index is 2.09. The Hall–Kier alpha value is -0.260. The van der Waals surface area contributed by atoms with Crippen LogP contribution in [0.4, 0.5) is 0 Å². The van der Waals surface area contributed by atoms with Gasteiger partial charge >= 0.3 is 0 Å². The fourth-order valence-corrected chi connectivity index (χ4v) is 2.36. The van der Waals surface area contributed by atoms with Gasteiger partial charge in [0.1, 0.15) is 0 Å². The molecule has 0 aromatic heterocycles. The van der Waals surface area contributed by atoms with Crippen molar-refractivity contribution in [1.82, 2.24) is 10.2 Å². The number of nitrogens with zero attached hydrogens (tertiary/aromatic N) is 1. The number of hydrogen-bond donors (Lipinski definition) is 2. The minimum Gasteiger partial charge on any atom is -0.353 e. The van der Waals surface area contributed by atoms with Gasteiger partial charge in [0.15, 0.2) is 0 Å². The van der Waals surface area contributed by atoms with Crippen LogP contribution < -0.4 is 11.1 Å². The molecule has 1 atom stereocenters. The molecule has 0 unspecified atom stereocenters. The van der Waals surface area contributed by atoms with E-state index < -0.39 is 0 Å². The number of amides is 1. The molecule has 17 heavy (non-hydrogen) atoms. The first-order chi connectivity index (χ1) is 8.19. The maximum atomic E-state index is 11.6. The van der Waals surface area contributed by atoms with E-state index in [1.807, 2.05) is 6.26 Å². The highest BCUT2D eigenvalue weighted by Crippen LogP contribution is 2.25. The maximum absolute atomic E-state index is 11.6. The molecule has 1 aliphatic carbocycles. The zero-order chi connectivity index (χ0) is 12.7. The summed E-state index contributed by atoms with van der Waals surface area (Å²) >= 11 is 1.72. The highest BCUT2D eigenvalue weighted by molar-refractivity contribution is 7.98. The van der Waals surface area contributed by atoms with Crippen LogP contribution in [0, 0.1) is 0 Å². The molecule has 0 spiro atoms. The van der Waals surface area contributed by atoms with Crippen LogP contribution >= 0.6 is 11.8 Å². The lowest BCUT2D eigenvalue weighted by Gasteiger charge is -2.20. The third-order valence-corrected chi connectivity index (χ3v) is 3.78. The number of likely N-dealkylation sites (N-methyl/N-ethyl adjacent to an activating group) is 1. The highest BCUT2D eigenvalue weighted by Gasteiger charge is 2.27. The molecule has 0 bridgehead atoms. The van der Waals surface area contributed by atoms with E-state index >= 15 is 0 Å². The van der Waals surface area contributed by atoms with Crippen molar-refractivity contribution in [3.63, 3.8) is 0 Å². The quantitative estimate of drug-likeness (QED) is 0.639. The molecule has 3 N–H and O–H groups in total. The van der Waals surface area contributed by atoms with Crippen LogP contribution in [0.2, 0.25) is 0 Å². The van der Waals surface area contributed by atoms with Crippen molar-refractivity contribution >= 4 is 17.7 Å². The molecule has 1 saturated carbocycles. The van der Waals surface area contributed by atoms with Gasteiger partial charge in [0.25, 0.3) is 0 Å². The van der Waals surface area contributed by atoms with Gasteiger partial charge in [-0.3, -0.25) is 9.69 Å². The molecule has 100 valence electrons. The summed E-state index contributed by atoms with van der Waals surface area (Å²) in [5.41, 5.74) is 5.79. The predicted molar refractivity (Wildman–Crippen MR) is 74.3 cm³/mol. The minimum absolute atomic E-state index is 0.00843. The Labute approximate surface area is 109 Å². The summed E-state index contributed by atoms with van der Waals surface area (Å²) in [5.74, 6) is 0.934. The van der Waals surface area contributed by atoms with E-state index in [9.17, 15) is 4.79 Å². The summed E-state index contributed by atoms with van der Waals surface area (Å²) in [6.07, 6.45) is 5.41. The van der Waals surface area contributed by atoms with Crippen LogP contribution in [-0.4, -0.2) is 54.5 Å². The average molecular weight is 259 g/mol. The van der Waals surface area contributed by atoms with Crippen LogP contribution in [0.5, 0.6) is 0 Å². The van der Waals surface area contributed by atoms with Gasteiger partial charge in [0, 0.05) is 19.1 Å². The van der Waals surface area contributed by atoms with Crippen molar-refractivity contribution in [3.05, 3.63) is 0 Å². The van der Waals surface area contributed by atoms with E-state index in [1.54, 1.807) is 11.8 Å². The fraction of sp³-hybridized carbons (Fsp3) is 0.917. The summed E-state index contributed by atoms with van der Waals surface area (Å²) in [4.78, 5) is 14.1. The topological polar surface area (TPSA) is 58.4 Å². The number of carbonyl (C=O) groups excluding carboxylic acids is 1. The second-order valence-corrected chi connectivity index (χ2v) is 5.52. The van der Waals surface area contributed by atoms with Crippen molar-refractivity contribution in [2.45, 2.75) is 38.3 Å². The third kappa shape index (κ3) is 5.75. The molecule has 1 fully saturated rings. The number of nitrogens with two attached hydrogens (primary N) is 1. The summed E-state index contributed by atoms with van der Waals surface area (Å²) in [7, 11) is 0. The Kier molecular flexibility index (Phi) is 6.92. The number of carbonyl (C=O) groups is 1. The van der Waals surface area contributed by atoms with E-state index in [4.69, 9.17) is 5.73 Å². The van der Waals surface area contributed by atoms with E-state index in [-0.39, 0.29) is 11.9 Å². The summed E-state index contributed by atoms with van der Waals surface area (Å²) in [5, 5.41) is 2.92. The zero-order valence-corrected chi connectivity index (χ0v) is 11.8. The number of hydrogen-bond acceptors (Lipinski definition) is 4. The molecule has 1 amide bonds. The first-order valence-corrected chi connectivity index (χ1v) is 7.84. The average Bonchev–Trinajstić information content (AvgIpc) is 3.15. The molecular formula is C12H25N3OS. The number of thioether (sulfide) groups is 1. The maximum Gasteiger partial charge on any atom is 0.236 e. The van der Waals surface area contributed by atoms with Gasteiger partial charge in [0.05, 0.1) is 6.04 Å². The van der Waals surface area contributed by atoms with Crippen molar-refractivity contribution in [2.75, 3.05) is 31.6 Å². The third-order valence-electron chi connectivity index (χ3n) is 3.14. The van der Waals surface area contributed by atoms with E-state index in [0.29, 0.717) is 0 Å². The monoisotopic (exact) mass is 259 g/mol. The minimum atomic E-state index is -0.349. The van der Waals surface area contributed by atoms with Crippen molar-refractivity contribution in [3.8, 4) is 0 Å². The lowest BCUT2D eigenvalue weighted by molar-refractivity contribution is -0.122. The Bertz CT molecular complexity index is 234. The number of nitrogens with one attached hydrogen (secondary N) is 1. The molecule has 0 aliphatic heterocycles. The van der Waals surface area contributed by atoms with Gasteiger partial charge in [0.2, 0.25) is 5.91 Å². The van der Waals surface area contributed by atoms with Gasteiger partial charge < -0.3 is 11.1 Å². The van der Waals surface area contributed by atoms with Crippen LogP contribution in [0.25, 0.3) is 0 Å². The Morgan fingerprint density at radius 3 is 2.82 bits per heavy atom. The molecule has 0 heterocycles. The second kappa shape index (κ2) is 7.95. The molecule has 0 aromatic carbocycles. The standard InChI is InChI=1S/C12H25N3OS/c1-3-15(10-4-5-10)8-7-14-12(16)11(13)6-9-17-2/h10-11H,3-9,13H2,1-2H3,(H,14,16)/t11-/m1/s1. The molecule has 0 saturated heterocycles. The molecule has 0 aromatic rings. The summed E-state index contributed by atoms with van der Waals surface area (Å²) in [6.45, 7) is 4.90. The lowest BCUT2D eigenvalue weighted by atomic mass is 10.2. The van der Waals surface area contributed by atoms with Crippen molar-refractivity contribution in [1.29, 1.82) is 0 Å². The first-order valence-electron chi connectivity index (χ1n) is 6.45. The number of rotatable bonds is 9. The largest absolute Gasteiger partial charge is 0.353 e.